The van der Waals surface area contributed by atoms with Gasteiger partial charge in [0, 0.05) is 11.4 Å². The molecule has 0 saturated heterocycles. The minimum Gasteiger partial charge on any atom is -0.479 e. The molecule has 0 unspecified atom stereocenters. The molecular formula is C10H14N2O4S. The molecule has 0 fully saturated rings. The van der Waals surface area contributed by atoms with Crippen molar-refractivity contribution in [1.82, 2.24) is 10.4 Å². The van der Waals surface area contributed by atoms with E-state index in [4.69, 9.17) is 5.11 Å². The maximum Gasteiger partial charge on any atom is 0.341 e. The van der Waals surface area contributed by atoms with Crippen LogP contribution in [0.5, 0.6) is 0 Å². The molecule has 2 amide bonds. The van der Waals surface area contributed by atoms with Crippen molar-refractivity contribution in [2.24, 2.45) is 0 Å². The summed E-state index contributed by atoms with van der Waals surface area (Å²) in [6, 6.07) is 3.40. The minimum atomic E-state index is -1.13. The van der Waals surface area contributed by atoms with Crippen LogP contribution in [-0.4, -0.2) is 35.2 Å². The molecule has 1 heterocycles. The van der Waals surface area contributed by atoms with Gasteiger partial charge in [0.2, 0.25) is 0 Å². The summed E-state index contributed by atoms with van der Waals surface area (Å²) in [6.07, 6.45) is 0. The third-order valence-corrected chi connectivity index (χ3v) is 2.81. The number of carbonyl (C=O) groups excluding carboxylic acids is 1. The molecular weight excluding hydrogens is 244 g/mol. The molecule has 1 aromatic rings. The predicted molar refractivity (Wildman–Crippen MR) is 62.5 cm³/mol. The van der Waals surface area contributed by atoms with Gasteiger partial charge in [-0.05, 0) is 18.4 Å². The third-order valence-electron chi connectivity index (χ3n) is 1.95. The molecule has 0 aliphatic rings. The SMILES string of the molecule is CCN(Cc1cccs1)C(=O)NOCC(=O)O. The Balaban J connectivity index is 2.38. The number of rotatable bonds is 6. The van der Waals surface area contributed by atoms with Crippen LogP contribution in [0.25, 0.3) is 0 Å². The Kier molecular flexibility index (Phi) is 5.44. The van der Waals surface area contributed by atoms with E-state index in [2.05, 4.69) is 10.3 Å². The fourth-order valence-corrected chi connectivity index (χ4v) is 1.86. The van der Waals surface area contributed by atoms with Crippen LogP contribution in [0.4, 0.5) is 4.79 Å². The van der Waals surface area contributed by atoms with Gasteiger partial charge in [-0.1, -0.05) is 6.07 Å². The second-order valence-electron chi connectivity index (χ2n) is 3.18. The lowest BCUT2D eigenvalue weighted by Crippen LogP contribution is -2.39. The summed E-state index contributed by atoms with van der Waals surface area (Å²) in [5.41, 5.74) is 2.09. The molecule has 94 valence electrons. The molecule has 1 rings (SSSR count). The van der Waals surface area contributed by atoms with Crippen LogP contribution in [0.1, 0.15) is 11.8 Å². The summed E-state index contributed by atoms with van der Waals surface area (Å²) in [5, 5.41) is 10.3. The first-order valence-electron chi connectivity index (χ1n) is 5.04. The minimum absolute atomic E-state index is 0.442. The fourth-order valence-electron chi connectivity index (χ4n) is 1.14. The predicted octanol–water partition coefficient (Wildman–Crippen LogP) is 1.30. The average Bonchev–Trinajstić information content (AvgIpc) is 2.77. The van der Waals surface area contributed by atoms with E-state index in [1.54, 1.807) is 11.3 Å². The molecule has 0 atom stereocenters. The van der Waals surface area contributed by atoms with E-state index in [0.29, 0.717) is 13.1 Å². The number of carboxylic acid groups (broad SMARTS) is 1. The van der Waals surface area contributed by atoms with E-state index in [1.165, 1.54) is 4.90 Å². The average molecular weight is 258 g/mol. The Morgan fingerprint density at radius 1 is 1.59 bits per heavy atom. The fraction of sp³-hybridized carbons (Fsp3) is 0.400. The summed E-state index contributed by atoms with van der Waals surface area (Å²) in [6.45, 7) is 2.28. The van der Waals surface area contributed by atoms with Gasteiger partial charge in [-0.15, -0.1) is 11.3 Å². The molecule has 1 aromatic heterocycles. The van der Waals surface area contributed by atoms with Gasteiger partial charge in [-0.25, -0.2) is 15.1 Å². The summed E-state index contributed by atoms with van der Waals surface area (Å²) in [5.74, 6) is -1.13. The molecule has 0 saturated carbocycles. The van der Waals surface area contributed by atoms with Crippen molar-refractivity contribution < 1.29 is 19.5 Å². The normalized spacial score (nSPS) is 9.94. The Bertz CT molecular complexity index is 366. The lowest BCUT2D eigenvalue weighted by molar-refractivity contribution is -0.144. The molecule has 6 nitrogen and oxygen atoms in total. The monoisotopic (exact) mass is 258 g/mol. The lowest BCUT2D eigenvalue weighted by atomic mass is 10.4. The maximum atomic E-state index is 11.6. The van der Waals surface area contributed by atoms with Gasteiger partial charge < -0.3 is 10.0 Å². The number of hydroxylamine groups is 1. The van der Waals surface area contributed by atoms with Crippen LogP contribution in [-0.2, 0) is 16.2 Å². The molecule has 0 aromatic carbocycles. The van der Waals surface area contributed by atoms with Gasteiger partial charge in [-0.2, -0.15) is 0 Å². The van der Waals surface area contributed by atoms with Crippen LogP contribution >= 0.6 is 11.3 Å². The first-order chi connectivity index (χ1) is 8.13. The first-order valence-corrected chi connectivity index (χ1v) is 5.92. The Morgan fingerprint density at radius 3 is 2.88 bits per heavy atom. The quantitative estimate of drug-likeness (QED) is 0.754. The smallest absolute Gasteiger partial charge is 0.341 e. The van der Waals surface area contributed by atoms with E-state index in [1.807, 2.05) is 24.4 Å². The molecule has 0 spiro atoms. The number of aliphatic carboxylic acids is 1. The second-order valence-corrected chi connectivity index (χ2v) is 4.22. The Labute approximate surface area is 103 Å². The largest absolute Gasteiger partial charge is 0.479 e. The number of carbonyl (C=O) groups is 2. The molecule has 0 radical (unpaired) electrons. The van der Waals surface area contributed by atoms with Crippen LogP contribution in [0.3, 0.4) is 0 Å². The number of nitrogens with zero attached hydrogens (tertiary/aromatic N) is 1. The summed E-state index contributed by atoms with van der Waals surface area (Å²) in [4.78, 5) is 28.9. The van der Waals surface area contributed by atoms with Crippen molar-refractivity contribution in [2.45, 2.75) is 13.5 Å². The van der Waals surface area contributed by atoms with Gasteiger partial charge in [0.1, 0.15) is 0 Å². The molecule has 0 aliphatic carbocycles. The number of carboxylic acids is 1. The van der Waals surface area contributed by atoms with Gasteiger partial charge in [-0.3, -0.25) is 4.84 Å². The highest BCUT2D eigenvalue weighted by Gasteiger charge is 2.12. The summed E-state index contributed by atoms with van der Waals surface area (Å²) >= 11 is 1.56. The van der Waals surface area contributed by atoms with E-state index in [9.17, 15) is 9.59 Å². The standard InChI is InChI=1S/C10H14N2O4S/c1-2-12(6-8-4-3-5-17-8)10(15)11-16-7-9(13)14/h3-5H,2,6-7H2,1H3,(H,11,15)(H,13,14). The van der Waals surface area contributed by atoms with E-state index in [-0.39, 0.29) is 0 Å². The third kappa shape index (κ3) is 4.83. The molecule has 2 N–H and O–H groups in total. The van der Waals surface area contributed by atoms with E-state index < -0.39 is 18.6 Å². The van der Waals surface area contributed by atoms with Crippen molar-refractivity contribution in [3.05, 3.63) is 22.4 Å². The zero-order chi connectivity index (χ0) is 12.7. The number of amides is 2. The van der Waals surface area contributed by atoms with E-state index in [0.717, 1.165) is 4.88 Å². The molecule has 17 heavy (non-hydrogen) atoms. The second kappa shape index (κ2) is 6.87. The van der Waals surface area contributed by atoms with Crippen molar-refractivity contribution in [3.63, 3.8) is 0 Å². The van der Waals surface area contributed by atoms with Gasteiger partial charge in [0.25, 0.3) is 0 Å². The highest BCUT2D eigenvalue weighted by atomic mass is 32.1. The zero-order valence-corrected chi connectivity index (χ0v) is 10.2. The zero-order valence-electron chi connectivity index (χ0n) is 9.38. The molecule has 0 bridgehead atoms. The number of urea groups is 1. The van der Waals surface area contributed by atoms with Gasteiger partial charge in [0.15, 0.2) is 6.61 Å². The number of hydrogen-bond acceptors (Lipinski definition) is 4. The topological polar surface area (TPSA) is 78.9 Å². The summed E-state index contributed by atoms with van der Waals surface area (Å²) < 4.78 is 0. The van der Waals surface area contributed by atoms with Crippen molar-refractivity contribution in [3.8, 4) is 0 Å². The molecule has 0 aliphatic heterocycles. The lowest BCUT2D eigenvalue weighted by Gasteiger charge is -2.19. The van der Waals surface area contributed by atoms with Crippen molar-refractivity contribution in [2.75, 3.05) is 13.2 Å². The molecule has 7 heteroatoms. The van der Waals surface area contributed by atoms with Crippen molar-refractivity contribution in [1.29, 1.82) is 0 Å². The maximum absolute atomic E-state index is 11.6. The van der Waals surface area contributed by atoms with Crippen LogP contribution in [0.2, 0.25) is 0 Å². The highest BCUT2D eigenvalue weighted by molar-refractivity contribution is 7.09. The van der Waals surface area contributed by atoms with Gasteiger partial charge in [0.05, 0.1) is 6.54 Å². The Morgan fingerprint density at radius 2 is 2.35 bits per heavy atom. The van der Waals surface area contributed by atoms with Crippen molar-refractivity contribution >= 4 is 23.3 Å². The van der Waals surface area contributed by atoms with E-state index >= 15 is 0 Å². The highest BCUT2D eigenvalue weighted by Crippen LogP contribution is 2.11. The Hall–Kier alpha value is -1.60. The summed E-state index contributed by atoms with van der Waals surface area (Å²) in [7, 11) is 0. The number of nitrogens with one attached hydrogen (secondary N) is 1. The first kappa shape index (κ1) is 13.5. The van der Waals surface area contributed by atoms with Crippen LogP contribution < -0.4 is 5.48 Å². The van der Waals surface area contributed by atoms with Gasteiger partial charge >= 0.3 is 12.0 Å². The van der Waals surface area contributed by atoms with Crippen LogP contribution in [0, 0.1) is 0 Å². The number of hydrogen-bond donors (Lipinski definition) is 2. The van der Waals surface area contributed by atoms with Crippen LogP contribution in [0.15, 0.2) is 17.5 Å². The number of thiophene rings is 1.